The average molecular weight is 178 g/mol. The molecule has 0 N–H and O–H groups in total. The molecule has 0 bridgehead atoms. The Labute approximate surface area is 78.2 Å². The number of hydrogen-bond donors (Lipinski definition) is 0. The molecule has 1 aromatic heterocycles. The fourth-order valence-electron chi connectivity index (χ4n) is 1.18. The monoisotopic (exact) mass is 178 g/mol. The topological polar surface area (TPSA) is 42.9 Å². The first kappa shape index (κ1) is 9.84. The van der Waals surface area contributed by atoms with Crippen LogP contribution in [0.5, 0.6) is 0 Å². The zero-order valence-electron chi connectivity index (χ0n) is 8.03. The number of carbonyl (C=O) groups is 1. The van der Waals surface area contributed by atoms with E-state index < -0.39 is 0 Å². The Morgan fingerprint density at radius 3 is 2.54 bits per heavy atom. The molecule has 0 amide bonds. The van der Waals surface area contributed by atoms with Crippen molar-refractivity contribution in [2.24, 2.45) is 5.92 Å². The summed E-state index contributed by atoms with van der Waals surface area (Å²) in [5.41, 5.74) is 0.896. The second kappa shape index (κ2) is 4.70. The van der Waals surface area contributed by atoms with Gasteiger partial charge in [-0.1, -0.05) is 13.8 Å². The van der Waals surface area contributed by atoms with Crippen LogP contribution in [0, 0.1) is 5.92 Å². The molecule has 0 saturated heterocycles. The van der Waals surface area contributed by atoms with Gasteiger partial charge in [-0.25, -0.2) is 9.97 Å². The Hall–Kier alpha value is -1.25. The SMILES string of the molecule is CC(C)CC(=O)Cc1cncnc1. The molecule has 1 heterocycles. The van der Waals surface area contributed by atoms with Crippen molar-refractivity contribution in [1.82, 2.24) is 9.97 Å². The van der Waals surface area contributed by atoms with Crippen molar-refractivity contribution in [3.05, 3.63) is 24.3 Å². The van der Waals surface area contributed by atoms with E-state index in [4.69, 9.17) is 0 Å². The van der Waals surface area contributed by atoms with Gasteiger partial charge in [0.15, 0.2) is 0 Å². The molecular weight excluding hydrogens is 164 g/mol. The van der Waals surface area contributed by atoms with Gasteiger partial charge in [-0.2, -0.15) is 0 Å². The molecule has 0 aliphatic carbocycles. The Balaban J connectivity index is 2.46. The van der Waals surface area contributed by atoms with Gasteiger partial charge in [0.1, 0.15) is 12.1 Å². The normalized spacial score (nSPS) is 10.4. The molecule has 0 atom stereocenters. The largest absolute Gasteiger partial charge is 0.299 e. The quantitative estimate of drug-likeness (QED) is 0.703. The van der Waals surface area contributed by atoms with E-state index in [1.54, 1.807) is 12.4 Å². The van der Waals surface area contributed by atoms with Crippen molar-refractivity contribution in [2.75, 3.05) is 0 Å². The molecule has 0 aliphatic rings. The van der Waals surface area contributed by atoms with Crippen LogP contribution >= 0.6 is 0 Å². The third-order valence-corrected chi connectivity index (χ3v) is 1.65. The van der Waals surface area contributed by atoms with Crippen LogP contribution in [0.2, 0.25) is 0 Å². The molecule has 1 aromatic rings. The first-order valence-electron chi connectivity index (χ1n) is 4.44. The van der Waals surface area contributed by atoms with E-state index in [0.29, 0.717) is 18.8 Å². The number of nitrogens with zero attached hydrogens (tertiary/aromatic N) is 2. The lowest BCUT2D eigenvalue weighted by molar-refractivity contribution is -0.119. The third-order valence-electron chi connectivity index (χ3n) is 1.65. The minimum Gasteiger partial charge on any atom is -0.299 e. The van der Waals surface area contributed by atoms with Crippen LogP contribution in [0.1, 0.15) is 25.8 Å². The second-order valence-corrected chi connectivity index (χ2v) is 3.56. The number of Topliss-reactive ketones (excluding diaryl/α,β-unsaturated/α-hetero) is 1. The zero-order valence-corrected chi connectivity index (χ0v) is 8.03. The number of carbonyl (C=O) groups excluding carboxylic acids is 1. The maximum atomic E-state index is 11.4. The predicted octanol–water partition coefficient (Wildman–Crippen LogP) is 1.63. The van der Waals surface area contributed by atoms with Gasteiger partial charge in [-0.15, -0.1) is 0 Å². The fourth-order valence-corrected chi connectivity index (χ4v) is 1.18. The maximum absolute atomic E-state index is 11.4. The lowest BCUT2D eigenvalue weighted by Crippen LogP contribution is -2.06. The van der Waals surface area contributed by atoms with Crippen LogP contribution in [0.4, 0.5) is 0 Å². The van der Waals surface area contributed by atoms with Gasteiger partial charge in [-0.05, 0) is 11.5 Å². The maximum Gasteiger partial charge on any atom is 0.137 e. The third kappa shape index (κ3) is 3.78. The van der Waals surface area contributed by atoms with Crippen molar-refractivity contribution < 1.29 is 4.79 Å². The Morgan fingerprint density at radius 2 is 2.00 bits per heavy atom. The number of hydrogen-bond acceptors (Lipinski definition) is 3. The van der Waals surface area contributed by atoms with Gasteiger partial charge in [0, 0.05) is 25.2 Å². The molecule has 3 nitrogen and oxygen atoms in total. The molecule has 0 saturated carbocycles. The average Bonchev–Trinajstić information content (AvgIpc) is 2.04. The van der Waals surface area contributed by atoms with E-state index in [2.05, 4.69) is 9.97 Å². The van der Waals surface area contributed by atoms with Crippen LogP contribution in [-0.2, 0) is 11.2 Å². The Morgan fingerprint density at radius 1 is 1.38 bits per heavy atom. The minimum atomic E-state index is 0.254. The van der Waals surface area contributed by atoms with Crippen molar-refractivity contribution in [2.45, 2.75) is 26.7 Å². The number of aromatic nitrogens is 2. The highest BCUT2D eigenvalue weighted by Crippen LogP contribution is 2.04. The van der Waals surface area contributed by atoms with Gasteiger partial charge in [0.05, 0.1) is 0 Å². The van der Waals surface area contributed by atoms with Crippen LogP contribution in [0.25, 0.3) is 0 Å². The molecule has 70 valence electrons. The molecule has 13 heavy (non-hydrogen) atoms. The highest BCUT2D eigenvalue weighted by atomic mass is 16.1. The van der Waals surface area contributed by atoms with Gasteiger partial charge < -0.3 is 0 Å². The molecule has 0 fully saturated rings. The molecule has 0 aliphatic heterocycles. The molecule has 0 radical (unpaired) electrons. The first-order chi connectivity index (χ1) is 6.18. The summed E-state index contributed by atoms with van der Waals surface area (Å²) in [7, 11) is 0. The van der Waals surface area contributed by atoms with Gasteiger partial charge >= 0.3 is 0 Å². The standard InChI is InChI=1S/C10H14N2O/c1-8(2)3-10(13)4-9-5-11-7-12-6-9/h5-8H,3-4H2,1-2H3. The van der Waals surface area contributed by atoms with Crippen molar-refractivity contribution >= 4 is 5.78 Å². The summed E-state index contributed by atoms with van der Waals surface area (Å²) in [6.07, 6.45) is 5.93. The molecule has 0 spiro atoms. The van der Waals surface area contributed by atoms with E-state index in [-0.39, 0.29) is 5.78 Å². The highest BCUT2D eigenvalue weighted by Gasteiger charge is 2.05. The van der Waals surface area contributed by atoms with Gasteiger partial charge in [-0.3, -0.25) is 4.79 Å². The predicted molar refractivity (Wildman–Crippen MR) is 50.2 cm³/mol. The van der Waals surface area contributed by atoms with Gasteiger partial charge in [0.2, 0.25) is 0 Å². The molecule has 0 unspecified atom stereocenters. The highest BCUT2D eigenvalue weighted by molar-refractivity contribution is 5.80. The van der Waals surface area contributed by atoms with Crippen LogP contribution in [0.15, 0.2) is 18.7 Å². The Bertz CT molecular complexity index is 270. The van der Waals surface area contributed by atoms with E-state index in [0.717, 1.165) is 5.56 Å². The van der Waals surface area contributed by atoms with Crippen LogP contribution in [-0.4, -0.2) is 15.8 Å². The summed E-state index contributed by atoms with van der Waals surface area (Å²) in [5, 5.41) is 0. The smallest absolute Gasteiger partial charge is 0.137 e. The second-order valence-electron chi connectivity index (χ2n) is 3.56. The molecular formula is C10H14N2O. The number of ketones is 1. The Kier molecular flexibility index (Phi) is 3.55. The molecule has 3 heteroatoms. The fraction of sp³-hybridized carbons (Fsp3) is 0.500. The summed E-state index contributed by atoms with van der Waals surface area (Å²) < 4.78 is 0. The molecule has 0 aromatic carbocycles. The summed E-state index contributed by atoms with van der Waals surface area (Å²) in [5.74, 6) is 0.682. The van der Waals surface area contributed by atoms with Crippen LogP contribution in [0.3, 0.4) is 0 Å². The summed E-state index contributed by atoms with van der Waals surface area (Å²) in [4.78, 5) is 19.1. The van der Waals surface area contributed by atoms with Crippen molar-refractivity contribution in [1.29, 1.82) is 0 Å². The summed E-state index contributed by atoms with van der Waals surface area (Å²) in [6.45, 7) is 4.08. The van der Waals surface area contributed by atoms with Crippen molar-refractivity contribution in [3.8, 4) is 0 Å². The van der Waals surface area contributed by atoms with E-state index in [9.17, 15) is 4.79 Å². The molecule has 1 rings (SSSR count). The summed E-state index contributed by atoms with van der Waals surface area (Å²) >= 11 is 0. The lowest BCUT2D eigenvalue weighted by atomic mass is 10.0. The van der Waals surface area contributed by atoms with Gasteiger partial charge in [0.25, 0.3) is 0 Å². The van der Waals surface area contributed by atoms with E-state index >= 15 is 0 Å². The first-order valence-corrected chi connectivity index (χ1v) is 4.44. The van der Waals surface area contributed by atoms with Crippen molar-refractivity contribution in [3.63, 3.8) is 0 Å². The lowest BCUT2D eigenvalue weighted by Gasteiger charge is -2.02. The van der Waals surface area contributed by atoms with Crippen LogP contribution < -0.4 is 0 Å². The van der Waals surface area contributed by atoms with E-state index in [1.807, 2.05) is 13.8 Å². The minimum absolute atomic E-state index is 0.254. The summed E-state index contributed by atoms with van der Waals surface area (Å²) in [6, 6.07) is 0. The van der Waals surface area contributed by atoms with E-state index in [1.165, 1.54) is 6.33 Å². The zero-order chi connectivity index (χ0) is 9.68. The number of rotatable bonds is 4.